The lowest BCUT2D eigenvalue weighted by molar-refractivity contribution is -0.141. The molecule has 4 nitrogen and oxygen atoms in total. The summed E-state index contributed by atoms with van der Waals surface area (Å²) in [4.78, 5) is 10.0. The number of alkyl halides is 3. The van der Waals surface area contributed by atoms with Gasteiger partial charge in [-0.05, 0) is 72.5 Å². The van der Waals surface area contributed by atoms with E-state index in [1.165, 1.54) is 18.3 Å². The highest BCUT2D eigenvalue weighted by atomic mass is 35.5. The highest BCUT2D eigenvalue weighted by molar-refractivity contribution is 6.29. The number of rotatable bonds is 7. The van der Waals surface area contributed by atoms with Gasteiger partial charge < -0.3 is 5.32 Å². The van der Waals surface area contributed by atoms with Crippen LogP contribution in [0.2, 0.25) is 5.15 Å². The fraction of sp³-hybridized carbons (Fsp3) is 0.267. The summed E-state index contributed by atoms with van der Waals surface area (Å²) in [5.41, 5.74) is 2.55. The standard InChI is InChI=1S/C30H26ClF5N4/c31-27-15-20(9-12-37-27)17-38-29-25(33)16-26(30(34,35)36)39-28(29)23-10-13-40(14-11-23)18-19-1-3-21(4-2-19)22-5-7-24(32)8-6-22/h1-9,12,15-16,23,38H,10-11,13-14,17-18H2. The van der Waals surface area contributed by atoms with Gasteiger partial charge in [-0.3, -0.25) is 4.90 Å². The lowest BCUT2D eigenvalue weighted by atomic mass is 9.91. The van der Waals surface area contributed by atoms with E-state index < -0.39 is 17.7 Å². The maximum absolute atomic E-state index is 15.0. The number of piperidine rings is 1. The number of pyridine rings is 2. The van der Waals surface area contributed by atoms with Crippen molar-refractivity contribution in [2.75, 3.05) is 18.4 Å². The Morgan fingerprint density at radius 1 is 0.875 bits per heavy atom. The predicted octanol–water partition coefficient (Wildman–Crippen LogP) is 8.09. The van der Waals surface area contributed by atoms with E-state index in [0.29, 0.717) is 44.1 Å². The molecule has 208 valence electrons. The Hall–Kier alpha value is -3.56. The molecule has 1 N–H and O–H groups in total. The molecule has 0 amide bonds. The molecule has 0 atom stereocenters. The van der Waals surface area contributed by atoms with Crippen molar-refractivity contribution in [3.8, 4) is 11.1 Å². The zero-order chi connectivity index (χ0) is 28.3. The van der Waals surface area contributed by atoms with E-state index in [-0.39, 0.29) is 34.8 Å². The normalized spacial score (nSPS) is 14.8. The SMILES string of the molecule is Fc1ccc(-c2ccc(CN3CCC(c4nc(C(F)(F)F)cc(F)c4NCc4ccnc(Cl)c4)CC3)cc2)cc1. The minimum atomic E-state index is -4.76. The summed E-state index contributed by atoms with van der Waals surface area (Å²) < 4.78 is 68.8. The van der Waals surface area contributed by atoms with Gasteiger partial charge in [-0.25, -0.2) is 18.7 Å². The van der Waals surface area contributed by atoms with Gasteiger partial charge in [0, 0.05) is 31.3 Å². The molecule has 4 aromatic rings. The number of nitrogens with zero attached hydrogens (tertiary/aromatic N) is 3. The first-order valence-electron chi connectivity index (χ1n) is 12.8. The molecule has 0 bridgehead atoms. The Balaban J connectivity index is 1.28. The Kier molecular flexibility index (Phi) is 8.32. The molecular formula is C30H26ClF5N4. The number of likely N-dealkylation sites (tertiary alicyclic amines) is 1. The quantitative estimate of drug-likeness (QED) is 0.179. The molecule has 2 aromatic heterocycles. The summed E-state index contributed by atoms with van der Waals surface area (Å²) in [6.45, 7) is 2.09. The first-order chi connectivity index (χ1) is 19.2. The van der Waals surface area contributed by atoms with Crippen LogP contribution in [0.15, 0.2) is 72.9 Å². The summed E-state index contributed by atoms with van der Waals surface area (Å²) in [7, 11) is 0. The Labute approximate surface area is 233 Å². The molecule has 2 aromatic carbocycles. The van der Waals surface area contributed by atoms with Gasteiger partial charge in [0.2, 0.25) is 0 Å². The van der Waals surface area contributed by atoms with E-state index >= 15 is 4.39 Å². The van der Waals surface area contributed by atoms with Gasteiger partial charge in [0.15, 0.2) is 0 Å². The van der Waals surface area contributed by atoms with Gasteiger partial charge in [0.25, 0.3) is 0 Å². The van der Waals surface area contributed by atoms with Gasteiger partial charge in [-0.15, -0.1) is 0 Å². The molecule has 1 aliphatic rings. The predicted molar refractivity (Wildman–Crippen MR) is 145 cm³/mol. The van der Waals surface area contributed by atoms with Crippen molar-refractivity contribution >= 4 is 17.3 Å². The minimum Gasteiger partial charge on any atom is -0.377 e. The third-order valence-electron chi connectivity index (χ3n) is 7.06. The molecule has 0 radical (unpaired) electrons. The third kappa shape index (κ3) is 6.77. The van der Waals surface area contributed by atoms with E-state index in [9.17, 15) is 17.6 Å². The summed E-state index contributed by atoms with van der Waals surface area (Å²) in [6.07, 6.45) is -2.17. The zero-order valence-corrected chi connectivity index (χ0v) is 22.1. The third-order valence-corrected chi connectivity index (χ3v) is 7.27. The fourth-order valence-corrected chi connectivity index (χ4v) is 5.16. The molecule has 1 saturated heterocycles. The molecular weight excluding hydrogens is 547 g/mol. The van der Waals surface area contributed by atoms with Crippen molar-refractivity contribution < 1.29 is 22.0 Å². The number of halogens is 6. The van der Waals surface area contributed by atoms with Crippen LogP contribution in [-0.4, -0.2) is 28.0 Å². The second kappa shape index (κ2) is 11.9. The largest absolute Gasteiger partial charge is 0.433 e. The number of anilines is 1. The van der Waals surface area contributed by atoms with Gasteiger partial charge in [-0.1, -0.05) is 48.0 Å². The Morgan fingerprint density at radius 3 is 2.15 bits per heavy atom. The second-order valence-electron chi connectivity index (χ2n) is 9.84. The smallest absolute Gasteiger partial charge is 0.377 e. The molecule has 0 unspecified atom stereocenters. The number of nitrogens with one attached hydrogen (secondary N) is 1. The molecule has 5 rings (SSSR count). The van der Waals surface area contributed by atoms with E-state index in [1.807, 2.05) is 24.3 Å². The lowest BCUT2D eigenvalue weighted by Crippen LogP contribution is -2.33. The average molecular weight is 573 g/mol. The number of aromatic nitrogens is 2. The highest BCUT2D eigenvalue weighted by Crippen LogP contribution is 2.38. The molecule has 0 saturated carbocycles. The van der Waals surface area contributed by atoms with Gasteiger partial charge in [-0.2, -0.15) is 13.2 Å². The van der Waals surface area contributed by atoms with Crippen molar-refractivity contribution in [3.63, 3.8) is 0 Å². The molecule has 1 fully saturated rings. The zero-order valence-electron chi connectivity index (χ0n) is 21.4. The second-order valence-corrected chi connectivity index (χ2v) is 10.2. The fourth-order valence-electron chi connectivity index (χ4n) is 4.96. The van der Waals surface area contributed by atoms with Crippen LogP contribution < -0.4 is 5.32 Å². The van der Waals surface area contributed by atoms with Crippen molar-refractivity contribution in [3.05, 3.63) is 112 Å². The molecule has 1 aliphatic heterocycles. The van der Waals surface area contributed by atoms with Crippen molar-refractivity contribution in [2.24, 2.45) is 0 Å². The number of benzene rings is 2. The van der Waals surface area contributed by atoms with Crippen LogP contribution >= 0.6 is 11.6 Å². The maximum Gasteiger partial charge on any atom is 0.433 e. The van der Waals surface area contributed by atoms with Crippen LogP contribution in [0.25, 0.3) is 11.1 Å². The summed E-state index contributed by atoms with van der Waals surface area (Å²) in [5, 5.41) is 3.21. The van der Waals surface area contributed by atoms with Crippen molar-refractivity contribution in [1.82, 2.24) is 14.9 Å². The van der Waals surface area contributed by atoms with Crippen LogP contribution in [0.5, 0.6) is 0 Å². The van der Waals surface area contributed by atoms with E-state index in [2.05, 4.69) is 20.2 Å². The van der Waals surface area contributed by atoms with E-state index in [0.717, 1.165) is 16.7 Å². The number of hydrogen-bond donors (Lipinski definition) is 1. The topological polar surface area (TPSA) is 41.1 Å². The van der Waals surface area contributed by atoms with Crippen LogP contribution in [0.4, 0.5) is 27.6 Å². The summed E-state index contributed by atoms with van der Waals surface area (Å²) >= 11 is 5.93. The minimum absolute atomic E-state index is 0.0178. The van der Waals surface area contributed by atoms with Crippen LogP contribution in [-0.2, 0) is 19.3 Å². The van der Waals surface area contributed by atoms with Gasteiger partial charge in [0.1, 0.15) is 22.5 Å². The summed E-state index contributed by atoms with van der Waals surface area (Å²) in [5.74, 6) is -1.60. The number of hydrogen-bond acceptors (Lipinski definition) is 4. The van der Waals surface area contributed by atoms with Crippen molar-refractivity contribution in [1.29, 1.82) is 0 Å². The van der Waals surface area contributed by atoms with E-state index in [4.69, 9.17) is 11.6 Å². The van der Waals surface area contributed by atoms with Crippen LogP contribution in [0, 0.1) is 11.6 Å². The molecule has 40 heavy (non-hydrogen) atoms. The maximum atomic E-state index is 15.0. The molecule has 0 spiro atoms. The first kappa shape index (κ1) is 28.0. The Morgan fingerprint density at radius 2 is 1.52 bits per heavy atom. The van der Waals surface area contributed by atoms with Gasteiger partial charge >= 0.3 is 6.18 Å². The molecule has 0 aliphatic carbocycles. The van der Waals surface area contributed by atoms with E-state index in [1.54, 1.807) is 24.3 Å². The van der Waals surface area contributed by atoms with Crippen LogP contribution in [0.1, 0.15) is 41.3 Å². The summed E-state index contributed by atoms with van der Waals surface area (Å²) in [6, 6.07) is 18.1. The van der Waals surface area contributed by atoms with Gasteiger partial charge in [0.05, 0.1) is 11.4 Å². The highest BCUT2D eigenvalue weighted by Gasteiger charge is 2.36. The molecule has 3 heterocycles. The average Bonchev–Trinajstić information content (AvgIpc) is 2.93. The van der Waals surface area contributed by atoms with Crippen LogP contribution in [0.3, 0.4) is 0 Å². The lowest BCUT2D eigenvalue weighted by Gasteiger charge is -2.33. The monoisotopic (exact) mass is 572 g/mol. The Bertz CT molecular complexity index is 1450. The molecule has 10 heteroatoms. The van der Waals surface area contributed by atoms with Crippen molar-refractivity contribution in [2.45, 2.75) is 38.0 Å². The first-order valence-corrected chi connectivity index (χ1v) is 13.2.